The number of hydrogen-bond acceptors (Lipinski definition) is 8. The molecule has 0 amide bonds. The third kappa shape index (κ3) is 5.00. The first kappa shape index (κ1) is 21.6. The largest absolute Gasteiger partial charge is 0.375 e. The van der Waals surface area contributed by atoms with Gasteiger partial charge in [-0.15, -0.1) is 22.7 Å². The van der Waals surface area contributed by atoms with Crippen molar-refractivity contribution in [2.24, 2.45) is 0 Å². The fraction of sp³-hybridized carbons (Fsp3) is 0.238. The number of rotatable bonds is 7. The van der Waals surface area contributed by atoms with Crippen molar-refractivity contribution in [1.29, 1.82) is 0 Å². The van der Waals surface area contributed by atoms with Gasteiger partial charge in [-0.05, 0) is 38.5 Å². The molecule has 10 heteroatoms. The molecule has 0 aliphatic carbocycles. The Morgan fingerprint density at radius 1 is 1.19 bits per heavy atom. The van der Waals surface area contributed by atoms with Gasteiger partial charge in [0.2, 0.25) is 0 Å². The first-order valence-electron chi connectivity index (χ1n) is 9.65. The summed E-state index contributed by atoms with van der Waals surface area (Å²) in [6.07, 6.45) is 4.21. The molecule has 0 aliphatic rings. The van der Waals surface area contributed by atoms with Crippen molar-refractivity contribution in [1.82, 2.24) is 19.9 Å². The van der Waals surface area contributed by atoms with E-state index in [4.69, 9.17) is 11.6 Å². The molecule has 0 saturated heterocycles. The Kier molecular flexibility index (Phi) is 6.45. The van der Waals surface area contributed by atoms with Crippen LogP contribution in [0.2, 0.25) is 5.02 Å². The second kappa shape index (κ2) is 9.25. The predicted molar refractivity (Wildman–Crippen MR) is 126 cm³/mol. The summed E-state index contributed by atoms with van der Waals surface area (Å²) in [5.41, 5.74) is 2.96. The molecule has 0 aliphatic heterocycles. The molecule has 0 saturated carbocycles. The van der Waals surface area contributed by atoms with E-state index in [0.717, 1.165) is 32.8 Å². The van der Waals surface area contributed by atoms with Crippen molar-refractivity contribution < 1.29 is 4.39 Å². The van der Waals surface area contributed by atoms with Crippen molar-refractivity contribution in [3.63, 3.8) is 0 Å². The molecule has 1 atom stereocenters. The maximum Gasteiger partial charge on any atom is 0.188 e. The normalized spacial score (nSPS) is 12.0. The van der Waals surface area contributed by atoms with Crippen LogP contribution in [0, 0.1) is 12.7 Å². The van der Waals surface area contributed by atoms with E-state index in [-0.39, 0.29) is 6.04 Å². The van der Waals surface area contributed by atoms with Gasteiger partial charge in [0.05, 0.1) is 51.1 Å². The van der Waals surface area contributed by atoms with Gasteiger partial charge in [0.1, 0.15) is 5.82 Å². The van der Waals surface area contributed by atoms with Gasteiger partial charge in [-0.2, -0.15) is 0 Å². The monoisotopic (exact) mass is 474 g/mol. The number of anilines is 3. The standard InChI is InChI=1S/C21H20ClFN6S2/c1-4-19-27-12(3)20(31-19)17-10-30-21(28-17)29-18-9-24-16(8-25-18)11(2)26-15-6-5-13(22)7-14(15)23/h5-11,26H,4H2,1-3H3,(H,25,28,29). The molecule has 160 valence electrons. The Hall–Kier alpha value is -2.62. The van der Waals surface area contributed by atoms with E-state index in [1.54, 1.807) is 35.9 Å². The molecule has 31 heavy (non-hydrogen) atoms. The Bertz CT molecular complexity index is 1190. The molecular formula is C21H20ClFN6S2. The van der Waals surface area contributed by atoms with Crippen molar-refractivity contribution in [2.45, 2.75) is 33.2 Å². The highest BCUT2D eigenvalue weighted by Gasteiger charge is 2.14. The molecular weight excluding hydrogens is 455 g/mol. The average molecular weight is 475 g/mol. The zero-order chi connectivity index (χ0) is 22.0. The minimum absolute atomic E-state index is 0.231. The van der Waals surface area contributed by atoms with E-state index >= 15 is 0 Å². The molecule has 3 heterocycles. The molecule has 0 bridgehead atoms. The van der Waals surface area contributed by atoms with Gasteiger partial charge < -0.3 is 10.6 Å². The maximum absolute atomic E-state index is 14.0. The van der Waals surface area contributed by atoms with Crippen LogP contribution in [0.5, 0.6) is 0 Å². The highest BCUT2D eigenvalue weighted by atomic mass is 35.5. The molecule has 4 aromatic rings. The number of nitrogens with zero attached hydrogens (tertiary/aromatic N) is 4. The summed E-state index contributed by atoms with van der Waals surface area (Å²) in [7, 11) is 0. The third-order valence-electron chi connectivity index (χ3n) is 4.53. The van der Waals surface area contributed by atoms with Crippen molar-refractivity contribution in [3.05, 3.63) is 63.2 Å². The second-order valence-electron chi connectivity index (χ2n) is 6.86. The van der Waals surface area contributed by atoms with Gasteiger partial charge in [0, 0.05) is 10.4 Å². The first-order chi connectivity index (χ1) is 14.9. The van der Waals surface area contributed by atoms with E-state index in [1.165, 1.54) is 17.4 Å². The van der Waals surface area contributed by atoms with E-state index < -0.39 is 5.82 Å². The molecule has 0 fully saturated rings. The highest BCUT2D eigenvalue weighted by molar-refractivity contribution is 7.16. The Morgan fingerprint density at radius 2 is 2.03 bits per heavy atom. The third-order valence-corrected chi connectivity index (χ3v) is 6.85. The summed E-state index contributed by atoms with van der Waals surface area (Å²) >= 11 is 8.98. The lowest BCUT2D eigenvalue weighted by atomic mass is 10.2. The molecule has 2 N–H and O–H groups in total. The topological polar surface area (TPSA) is 75.6 Å². The molecule has 0 radical (unpaired) electrons. The van der Waals surface area contributed by atoms with E-state index in [9.17, 15) is 4.39 Å². The second-order valence-corrected chi connectivity index (χ2v) is 9.23. The minimum Gasteiger partial charge on any atom is -0.375 e. The van der Waals surface area contributed by atoms with E-state index in [2.05, 4.69) is 37.5 Å². The number of nitrogens with one attached hydrogen (secondary N) is 2. The number of aryl methyl sites for hydroxylation is 2. The summed E-state index contributed by atoms with van der Waals surface area (Å²) in [4.78, 5) is 19.2. The maximum atomic E-state index is 14.0. The zero-order valence-corrected chi connectivity index (χ0v) is 19.5. The molecule has 1 aromatic carbocycles. The summed E-state index contributed by atoms with van der Waals surface area (Å²) in [5, 5.41) is 10.5. The van der Waals surface area contributed by atoms with Gasteiger partial charge >= 0.3 is 0 Å². The minimum atomic E-state index is -0.410. The summed E-state index contributed by atoms with van der Waals surface area (Å²) in [6, 6.07) is 4.28. The van der Waals surface area contributed by atoms with E-state index in [1.807, 2.05) is 19.2 Å². The van der Waals surface area contributed by atoms with Crippen LogP contribution in [0.25, 0.3) is 10.6 Å². The number of thiazole rings is 2. The van der Waals surface area contributed by atoms with Gasteiger partial charge in [0.25, 0.3) is 0 Å². The molecule has 0 spiro atoms. The highest BCUT2D eigenvalue weighted by Crippen LogP contribution is 2.33. The van der Waals surface area contributed by atoms with Crippen molar-refractivity contribution >= 4 is 50.9 Å². The zero-order valence-electron chi connectivity index (χ0n) is 17.1. The van der Waals surface area contributed by atoms with Gasteiger partial charge in [-0.25, -0.2) is 19.3 Å². The Balaban J connectivity index is 1.43. The number of halogens is 2. The quantitative estimate of drug-likeness (QED) is 0.313. The van der Waals surface area contributed by atoms with Crippen LogP contribution in [0.1, 0.15) is 36.3 Å². The lowest BCUT2D eigenvalue weighted by Crippen LogP contribution is -2.10. The van der Waals surface area contributed by atoms with Gasteiger partial charge in [-0.1, -0.05) is 18.5 Å². The number of aromatic nitrogens is 4. The molecule has 6 nitrogen and oxygen atoms in total. The molecule has 3 aromatic heterocycles. The SMILES string of the molecule is CCc1nc(C)c(-c2csc(Nc3cnc(C(C)Nc4ccc(Cl)cc4F)cn3)n2)s1. The summed E-state index contributed by atoms with van der Waals surface area (Å²) in [5.74, 6) is 0.178. The van der Waals surface area contributed by atoms with Crippen LogP contribution in [0.15, 0.2) is 36.0 Å². The summed E-state index contributed by atoms with van der Waals surface area (Å²) in [6.45, 7) is 5.99. The predicted octanol–water partition coefficient (Wildman–Crippen LogP) is 6.64. The van der Waals surface area contributed by atoms with Crippen LogP contribution in [0.3, 0.4) is 0 Å². The van der Waals surface area contributed by atoms with Gasteiger partial charge in [0.15, 0.2) is 10.9 Å². The summed E-state index contributed by atoms with van der Waals surface area (Å²) < 4.78 is 14.0. The van der Waals surface area contributed by atoms with E-state index in [0.29, 0.717) is 22.2 Å². The lowest BCUT2D eigenvalue weighted by Gasteiger charge is -2.15. The average Bonchev–Trinajstić information content (AvgIpc) is 3.36. The molecule has 4 rings (SSSR count). The lowest BCUT2D eigenvalue weighted by molar-refractivity contribution is 0.627. The fourth-order valence-electron chi connectivity index (χ4n) is 2.93. The van der Waals surface area contributed by atoms with Crippen LogP contribution < -0.4 is 10.6 Å². The van der Waals surface area contributed by atoms with Crippen LogP contribution in [-0.2, 0) is 6.42 Å². The van der Waals surface area contributed by atoms with Crippen LogP contribution in [-0.4, -0.2) is 19.9 Å². The Labute approximate surface area is 192 Å². The first-order valence-corrected chi connectivity index (χ1v) is 11.7. The smallest absolute Gasteiger partial charge is 0.188 e. The van der Waals surface area contributed by atoms with Crippen molar-refractivity contribution in [2.75, 3.05) is 10.6 Å². The number of hydrogen-bond donors (Lipinski definition) is 2. The van der Waals surface area contributed by atoms with Gasteiger partial charge in [-0.3, -0.25) is 4.98 Å². The van der Waals surface area contributed by atoms with Crippen molar-refractivity contribution in [3.8, 4) is 10.6 Å². The number of benzene rings is 1. The van der Waals surface area contributed by atoms with Crippen LogP contribution in [0.4, 0.5) is 21.0 Å². The fourth-order valence-corrected chi connectivity index (χ4v) is 4.83. The van der Waals surface area contributed by atoms with Crippen LogP contribution >= 0.6 is 34.3 Å². The molecule has 1 unspecified atom stereocenters. The Morgan fingerprint density at radius 3 is 2.71 bits per heavy atom.